The highest BCUT2D eigenvalue weighted by molar-refractivity contribution is 9.10. The Morgan fingerprint density at radius 1 is 1.29 bits per heavy atom. The van der Waals surface area contributed by atoms with E-state index in [-0.39, 0.29) is 0 Å². The first-order valence-electron chi connectivity index (χ1n) is 4.65. The van der Waals surface area contributed by atoms with Crippen molar-refractivity contribution in [1.82, 2.24) is 0 Å². The molecular weight excluding hydrogens is 244 g/mol. The monoisotopic (exact) mass is 256 g/mol. The van der Waals surface area contributed by atoms with Gasteiger partial charge in [0.25, 0.3) is 0 Å². The molecule has 0 aromatic heterocycles. The number of nitrogen functional groups attached to an aromatic ring is 1. The van der Waals surface area contributed by atoms with Crippen molar-refractivity contribution in [2.24, 2.45) is 0 Å². The Morgan fingerprint density at radius 2 is 2.00 bits per heavy atom. The molecule has 1 aliphatic heterocycles. The van der Waals surface area contributed by atoms with Crippen LogP contribution in [-0.2, 0) is 4.74 Å². The minimum Gasteiger partial charge on any atom is -0.399 e. The Hall–Kier alpha value is -0.740. The smallest absolute Gasteiger partial charge is 0.0642 e. The predicted octanol–water partition coefficient (Wildman–Crippen LogP) is 1.87. The minimum atomic E-state index is 0.793. The molecule has 0 amide bonds. The highest BCUT2D eigenvalue weighted by Crippen LogP contribution is 2.28. The highest BCUT2D eigenvalue weighted by atomic mass is 79.9. The Morgan fingerprint density at radius 3 is 2.71 bits per heavy atom. The lowest BCUT2D eigenvalue weighted by Gasteiger charge is -2.29. The molecule has 1 aromatic carbocycles. The summed E-state index contributed by atoms with van der Waals surface area (Å²) in [6.07, 6.45) is 0. The number of hydrogen-bond acceptors (Lipinski definition) is 3. The average molecular weight is 257 g/mol. The quantitative estimate of drug-likeness (QED) is 0.780. The Balaban J connectivity index is 2.24. The van der Waals surface area contributed by atoms with E-state index < -0.39 is 0 Å². The predicted molar refractivity (Wildman–Crippen MR) is 61.6 cm³/mol. The molecule has 1 heterocycles. The molecule has 0 atom stereocenters. The van der Waals surface area contributed by atoms with Crippen LogP contribution in [0, 0.1) is 0 Å². The Labute approximate surface area is 92.0 Å². The fraction of sp³-hybridized carbons (Fsp3) is 0.400. The third-order valence-corrected chi connectivity index (χ3v) is 2.99. The lowest BCUT2D eigenvalue weighted by Crippen LogP contribution is -2.36. The Bertz CT molecular complexity index is 324. The first kappa shape index (κ1) is 9.80. The number of anilines is 2. The van der Waals surface area contributed by atoms with E-state index in [1.165, 1.54) is 0 Å². The van der Waals surface area contributed by atoms with Gasteiger partial charge in [-0.05, 0) is 34.1 Å². The largest absolute Gasteiger partial charge is 0.399 e. The van der Waals surface area contributed by atoms with Crippen LogP contribution < -0.4 is 10.6 Å². The summed E-state index contributed by atoms with van der Waals surface area (Å²) in [7, 11) is 0. The molecule has 0 aliphatic carbocycles. The SMILES string of the molecule is Nc1ccc(Br)c(N2CCOCC2)c1. The van der Waals surface area contributed by atoms with Gasteiger partial charge in [0.15, 0.2) is 0 Å². The molecule has 0 bridgehead atoms. The van der Waals surface area contributed by atoms with Crippen molar-refractivity contribution in [2.45, 2.75) is 0 Å². The van der Waals surface area contributed by atoms with Crippen molar-refractivity contribution in [3.05, 3.63) is 22.7 Å². The molecule has 0 saturated carbocycles. The van der Waals surface area contributed by atoms with Crippen LogP contribution in [0.3, 0.4) is 0 Å². The van der Waals surface area contributed by atoms with Gasteiger partial charge in [-0.1, -0.05) is 0 Å². The fourth-order valence-electron chi connectivity index (χ4n) is 1.58. The zero-order chi connectivity index (χ0) is 9.97. The highest BCUT2D eigenvalue weighted by Gasteiger charge is 2.13. The van der Waals surface area contributed by atoms with E-state index in [0.717, 1.165) is 42.2 Å². The molecule has 1 saturated heterocycles. The molecule has 0 unspecified atom stereocenters. The van der Waals surface area contributed by atoms with Crippen LogP contribution >= 0.6 is 15.9 Å². The summed E-state index contributed by atoms with van der Waals surface area (Å²) in [4.78, 5) is 2.28. The topological polar surface area (TPSA) is 38.5 Å². The van der Waals surface area contributed by atoms with E-state index in [1.54, 1.807) is 0 Å². The molecule has 0 spiro atoms. The van der Waals surface area contributed by atoms with Gasteiger partial charge in [-0.15, -0.1) is 0 Å². The van der Waals surface area contributed by atoms with E-state index >= 15 is 0 Å². The third kappa shape index (κ3) is 2.01. The van der Waals surface area contributed by atoms with Gasteiger partial charge in [0.2, 0.25) is 0 Å². The van der Waals surface area contributed by atoms with E-state index in [0.29, 0.717) is 0 Å². The Kier molecular flexibility index (Phi) is 2.93. The number of hydrogen-bond donors (Lipinski definition) is 1. The molecular formula is C10H13BrN2O. The van der Waals surface area contributed by atoms with Gasteiger partial charge in [0.1, 0.15) is 0 Å². The molecule has 2 N–H and O–H groups in total. The summed E-state index contributed by atoms with van der Waals surface area (Å²) < 4.78 is 6.39. The summed E-state index contributed by atoms with van der Waals surface area (Å²) in [6.45, 7) is 3.45. The summed E-state index contributed by atoms with van der Waals surface area (Å²) in [6, 6.07) is 5.88. The summed E-state index contributed by atoms with van der Waals surface area (Å²) in [5.41, 5.74) is 7.72. The summed E-state index contributed by atoms with van der Waals surface area (Å²) in [5.74, 6) is 0. The summed E-state index contributed by atoms with van der Waals surface area (Å²) >= 11 is 3.53. The molecule has 14 heavy (non-hydrogen) atoms. The molecule has 1 aromatic rings. The number of benzene rings is 1. The number of morpholine rings is 1. The van der Waals surface area contributed by atoms with Gasteiger partial charge in [-0.2, -0.15) is 0 Å². The number of ether oxygens (including phenoxy) is 1. The molecule has 4 heteroatoms. The van der Waals surface area contributed by atoms with E-state index in [1.807, 2.05) is 18.2 Å². The van der Waals surface area contributed by atoms with Crippen LogP contribution in [0.25, 0.3) is 0 Å². The van der Waals surface area contributed by atoms with Crippen molar-refractivity contribution < 1.29 is 4.74 Å². The molecule has 3 nitrogen and oxygen atoms in total. The van der Waals surface area contributed by atoms with Crippen LogP contribution in [0.1, 0.15) is 0 Å². The molecule has 1 aliphatic rings. The van der Waals surface area contributed by atoms with Crippen LogP contribution in [-0.4, -0.2) is 26.3 Å². The first-order valence-corrected chi connectivity index (χ1v) is 5.44. The average Bonchev–Trinajstić information content (AvgIpc) is 2.23. The zero-order valence-corrected chi connectivity index (χ0v) is 9.46. The van der Waals surface area contributed by atoms with Gasteiger partial charge in [0.05, 0.1) is 18.9 Å². The van der Waals surface area contributed by atoms with E-state index in [9.17, 15) is 0 Å². The van der Waals surface area contributed by atoms with Crippen LogP contribution in [0.5, 0.6) is 0 Å². The minimum absolute atomic E-state index is 0.793. The van der Waals surface area contributed by atoms with Crippen molar-refractivity contribution in [2.75, 3.05) is 36.9 Å². The second-order valence-corrected chi connectivity index (χ2v) is 4.16. The fourth-order valence-corrected chi connectivity index (χ4v) is 2.07. The van der Waals surface area contributed by atoms with E-state index in [2.05, 4.69) is 20.8 Å². The molecule has 2 rings (SSSR count). The van der Waals surface area contributed by atoms with Crippen LogP contribution in [0.4, 0.5) is 11.4 Å². The van der Waals surface area contributed by atoms with Gasteiger partial charge in [-0.25, -0.2) is 0 Å². The van der Waals surface area contributed by atoms with Crippen molar-refractivity contribution in [3.8, 4) is 0 Å². The lowest BCUT2D eigenvalue weighted by molar-refractivity contribution is 0.122. The summed E-state index contributed by atoms with van der Waals surface area (Å²) in [5, 5.41) is 0. The van der Waals surface area contributed by atoms with Gasteiger partial charge in [-0.3, -0.25) is 0 Å². The normalized spacial score (nSPS) is 17.1. The van der Waals surface area contributed by atoms with E-state index in [4.69, 9.17) is 10.5 Å². The second-order valence-electron chi connectivity index (χ2n) is 3.31. The van der Waals surface area contributed by atoms with Crippen molar-refractivity contribution in [1.29, 1.82) is 0 Å². The molecule has 76 valence electrons. The van der Waals surface area contributed by atoms with Gasteiger partial charge in [0, 0.05) is 23.2 Å². The maximum Gasteiger partial charge on any atom is 0.0642 e. The molecule has 1 fully saturated rings. The van der Waals surface area contributed by atoms with Crippen LogP contribution in [0.15, 0.2) is 22.7 Å². The first-order chi connectivity index (χ1) is 6.77. The zero-order valence-electron chi connectivity index (χ0n) is 7.87. The van der Waals surface area contributed by atoms with Crippen LogP contribution in [0.2, 0.25) is 0 Å². The number of halogens is 1. The number of rotatable bonds is 1. The maximum atomic E-state index is 5.76. The number of nitrogens with two attached hydrogens (primary N) is 1. The maximum absolute atomic E-state index is 5.76. The van der Waals surface area contributed by atoms with Crippen molar-refractivity contribution >= 4 is 27.3 Å². The van der Waals surface area contributed by atoms with Gasteiger partial charge >= 0.3 is 0 Å². The van der Waals surface area contributed by atoms with Crippen molar-refractivity contribution in [3.63, 3.8) is 0 Å². The third-order valence-electron chi connectivity index (χ3n) is 2.32. The lowest BCUT2D eigenvalue weighted by atomic mass is 10.2. The number of nitrogens with zero attached hydrogens (tertiary/aromatic N) is 1. The van der Waals surface area contributed by atoms with Gasteiger partial charge < -0.3 is 15.4 Å². The standard InChI is InChI=1S/C10H13BrN2O/c11-9-2-1-8(12)7-10(9)13-3-5-14-6-4-13/h1-2,7H,3-6,12H2. The second kappa shape index (κ2) is 4.19. The molecule has 0 radical (unpaired) electrons.